The Morgan fingerprint density at radius 2 is 1.57 bits per heavy atom. The van der Waals surface area contributed by atoms with Crippen LogP contribution in [0, 0.1) is 0 Å². The van der Waals surface area contributed by atoms with Gasteiger partial charge in [0.2, 0.25) is 5.95 Å². The van der Waals surface area contributed by atoms with Gasteiger partial charge in [-0.25, -0.2) is 4.98 Å². The molecule has 0 saturated heterocycles. The van der Waals surface area contributed by atoms with Crippen molar-refractivity contribution in [2.75, 3.05) is 5.73 Å². The topological polar surface area (TPSA) is 60.9 Å². The number of hydrogen-bond donors (Lipinski definition) is 1. The van der Waals surface area contributed by atoms with Crippen LogP contribution in [-0.2, 0) is 12.3 Å². The zero-order chi connectivity index (χ0) is 16.1. The molecule has 1 heterocycles. The van der Waals surface area contributed by atoms with Gasteiger partial charge in [-0.1, -0.05) is 60.7 Å². The number of hydrogen-bond acceptors (Lipinski definition) is 4. The monoisotopic (exact) mass is 323 g/mol. The average Bonchev–Trinajstić information content (AvgIpc) is 2.58. The first-order valence-electron chi connectivity index (χ1n) is 7.30. The Bertz CT molecular complexity index is 832. The number of benzene rings is 2. The Morgan fingerprint density at radius 1 is 0.957 bits per heavy atom. The molecule has 0 fully saturated rings. The lowest BCUT2D eigenvalue weighted by atomic mass is 10.2. The molecule has 1 aromatic heterocycles. The highest BCUT2D eigenvalue weighted by molar-refractivity contribution is 7.98. The molecule has 0 aliphatic rings. The fraction of sp³-hybridized carbons (Fsp3) is 0.111. The fourth-order valence-corrected chi connectivity index (χ4v) is 3.08. The Labute approximate surface area is 139 Å². The van der Waals surface area contributed by atoms with Gasteiger partial charge in [0.1, 0.15) is 5.03 Å². The summed E-state index contributed by atoms with van der Waals surface area (Å²) in [4.78, 5) is 16.7. The van der Waals surface area contributed by atoms with Gasteiger partial charge in [-0.15, -0.1) is 11.8 Å². The molecule has 0 saturated carbocycles. The minimum absolute atomic E-state index is 0.128. The van der Waals surface area contributed by atoms with Crippen molar-refractivity contribution in [3.63, 3.8) is 0 Å². The van der Waals surface area contributed by atoms with E-state index in [1.54, 1.807) is 6.07 Å². The lowest BCUT2D eigenvalue weighted by Crippen LogP contribution is -2.24. The van der Waals surface area contributed by atoms with E-state index in [1.807, 2.05) is 60.7 Å². The summed E-state index contributed by atoms with van der Waals surface area (Å²) in [6.45, 7) is 0.433. The van der Waals surface area contributed by atoms with Crippen molar-refractivity contribution in [1.82, 2.24) is 9.55 Å². The molecule has 0 aliphatic heterocycles. The molecular weight excluding hydrogens is 306 g/mol. The van der Waals surface area contributed by atoms with Gasteiger partial charge in [0.15, 0.2) is 0 Å². The summed E-state index contributed by atoms with van der Waals surface area (Å²) in [6.07, 6.45) is 0. The number of anilines is 1. The van der Waals surface area contributed by atoms with Gasteiger partial charge in [0.25, 0.3) is 5.56 Å². The van der Waals surface area contributed by atoms with Crippen LogP contribution in [0.4, 0.5) is 5.95 Å². The van der Waals surface area contributed by atoms with E-state index >= 15 is 0 Å². The van der Waals surface area contributed by atoms with Gasteiger partial charge in [0, 0.05) is 11.8 Å². The quantitative estimate of drug-likeness (QED) is 0.579. The maximum absolute atomic E-state index is 12.3. The number of thioether (sulfide) groups is 1. The average molecular weight is 323 g/mol. The summed E-state index contributed by atoms with van der Waals surface area (Å²) in [6, 6.07) is 21.4. The van der Waals surface area contributed by atoms with Gasteiger partial charge in [-0.2, -0.15) is 0 Å². The van der Waals surface area contributed by atoms with Crippen LogP contribution < -0.4 is 11.3 Å². The molecule has 116 valence electrons. The largest absolute Gasteiger partial charge is 0.369 e. The lowest BCUT2D eigenvalue weighted by Gasteiger charge is -2.10. The van der Waals surface area contributed by atoms with Crippen molar-refractivity contribution in [2.45, 2.75) is 17.3 Å². The number of nitrogens with two attached hydrogens (primary N) is 1. The van der Waals surface area contributed by atoms with Gasteiger partial charge >= 0.3 is 0 Å². The molecular formula is C18H17N3OS. The van der Waals surface area contributed by atoms with E-state index < -0.39 is 0 Å². The van der Waals surface area contributed by atoms with Crippen molar-refractivity contribution in [3.8, 4) is 0 Å². The molecule has 0 unspecified atom stereocenters. The predicted octanol–water partition coefficient (Wildman–Crippen LogP) is 3.17. The van der Waals surface area contributed by atoms with E-state index in [0.717, 1.165) is 11.3 Å². The first-order chi connectivity index (χ1) is 11.2. The zero-order valence-electron chi connectivity index (χ0n) is 12.6. The van der Waals surface area contributed by atoms with Crippen LogP contribution in [0.2, 0.25) is 0 Å². The van der Waals surface area contributed by atoms with Gasteiger partial charge in [0.05, 0.1) is 6.54 Å². The summed E-state index contributed by atoms with van der Waals surface area (Å²) >= 11 is 1.51. The smallest absolute Gasteiger partial charge is 0.256 e. The predicted molar refractivity (Wildman–Crippen MR) is 94.5 cm³/mol. The molecule has 0 radical (unpaired) electrons. The van der Waals surface area contributed by atoms with E-state index in [2.05, 4.69) is 4.98 Å². The molecule has 0 amide bonds. The Hall–Kier alpha value is -2.53. The van der Waals surface area contributed by atoms with Crippen molar-refractivity contribution in [1.29, 1.82) is 0 Å². The van der Waals surface area contributed by atoms with Crippen molar-refractivity contribution in [2.24, 2.45) is 0 Å². The third-order valence-electron chi connectivity index (χ3n) is 3.43. The van der Waals surface area contributed by atoms with Gasteiger partial charge in [-0.05, 0) is 11.1 Å². The zero-order valence-corrected chi connectivity index (χ0v) is 13.4. The summed E-state index contributed by atoms with van der Waals surface area (Å²) in [5.41, 5.74) is 8.06. The second-order valence-corrected chi connectivity index (χ2v) is 6.13. The number of nitrogen functional groups attached to an aromatic ring is 1. The highest BCUT2D eigenvalue weighted by Crippen LogP contribution is 2.20. The molecule has 0 spiro atoms. The molecule has 2 aromatic carbocycles. The van der Waals surface area contributed by atoms with E-state index in [4.69, 9.17) is 5.73 Å². The Morgan fingerprint density at radius 3 is 2.17 bits per heavy atom. The van der Waals surface area contributed by atoms with Crippen LogP contribution >= 0.6 is 11.8 Å². The molecule has 4 nitrogen and oxygen atoms in total. The first-order valence-corrected chi connectivity index (χ1v) is 8.29. The van der Waals surface area contributed by atoms with Crippen LogP contribution in [-0.4, -0.2) is 9.55 Å². The van der Waals surface area contributed by atoms with Gasteiger partial charge < -0.3 is 5.73 Å². The minimum Gasteiger partial charge on any atom is -0.369 e. The van der Waals surface area contributed by atoms with Crippen LogP contribution in [0.3, 0.4) is 0 Å². The molecule has 2 N–H and O–H groups in total. The van der Waals surface area contributed by atoms with E-state index in [9.17, 15) is 4.79 Å². The molecule has 23 heavy (non-hydrogen) atoms. The van der Waals surface area contributed by atoms with Crippen LogP contribution in [0.15, 0.2) is 76.6 Å². The van der Waals surface area contributed by atoms with Crippen LogP contribution in [0.25, 0.3) is 0 Å². The highest BCUT2D eigenvalue weighted by Gasteiger charge is 2.07. The number of rotatable bonds is 5. The summed E-state index contributed by atoms with van der Waals surface area (Å²) in [5, 5.41) is 0.653. The Kier molecular flexibility index (Phi) is 4.78. The second kappa shape index (κ2) is 7.15. The Balaban J connectivity index is 1.76. The van der Waals surface area contributed by atoms with Crippen molar-refractivity contribution < 1.29 is 0 Å². The molecule has 5 heteroatoms. The molecule has 3 rings (SSSR count). The molecule has 0 bridgehead atoms. The summed E-state index contributed by atoms with van der Waals surface area (Å²) in [5.74, 6) is 1.01. The maximum Gasteiger partial charge on any atom is 0.256 e. The lowest BCUT2D eigenvalue weighted by molar-refractivity contribution is 0.737. The molecule has 3 aromatic rings. The van der Waals surface area contributed by atoms with E-state index in [1.165, 1.54) is 21.9 Å². The van der Waals surface area contributed by atoms with Gasteiger partial charge in [-0.3, -0.25) is 9.36 Å². The SMILES string of the molecule is Nc1nc(SCc2ccccc2)cc(=O)n1Cc1ccccc1. The molecule has 0 atom stereocenters. The maximum atomic E-state index is 12.3. The normalized spacial score (nSPS) is 10.6. The third-order valence-corrected chi connectivity index (χ3v) is 4.41. The first kappa shape index (κ1) is 15.4. The van der Waals surface area contributed by atoms with Crippen molar-refractivity contribution >= 4 is 17.7 Å². The standard InChI is InChI=1S/C18H17N3OS/c19-18-20-16(23-13-15-9-5-2-6-10-15)11-17(22)21(18)12-14-7-3-1-4-8-14/h1-11H,12-13H2,(H2,19,20). The number of aromatic nitrogens is 2. The third kappa shape index (κ3) is 4.02. The van der Waals surface area contributed by atoms with E-state index in [-0.39, 0.29) is 11.5 Å². The second-order valence-electron chi connectivity index (χ2n) is 5.14. The highest BCUT2D eigenvalue weighted by atomic mass is 32.2. The molecule has 0 aliphatic carbocycles. The minimum atomic E-state index is -0.128. The summed E-state index contributed by atoms with van der Waals surface area (Å²) in [7, 11) is 0. The van der Waals surface area contributed by atoms with E-state index in [0.29, 0.717) is 11.6 Å². The van der Waals surface area contributed by atoms with Crippen LogP contribution in [0.1, 0.15) is 11.1 Å². The van der Waals surface area contributed by atoms with Crippen LogP contribution in [0.5, 0.6) is 0 Å². The van der Waals surface area contributed by atoms with Crippen molar-refractivity contribution in [3.05, 3.63) is 88.2 Å². The fourth-order valence-electron chi connectivity index (χ4n) is 2.23. The number of nitrogens with zero attached hydrogens (tertiary/aromatic N) is 2. The summed E-state index contributed by atoms with van der Waals surface area (Å²) < 4.78 is 1.49.